The van der Waals surface area contributed by atoms with Crippen LogP contribution >= 0.6 is 0 Å². The molecule has 0 saturated carbocycles. The Morgan fingerprint density at radius 1 is 1.17 bits per heavy atom. The third-order valence-corrected chi connectivity index (χ3v) is 5.23. The first kappa shape index (κ1) is 21.1. The molecule has 0 aliphatic carbocycles. The largest absolute Gasteiger partial charge is 0.497 e. The smallest absolute Gasteiger partial charge is 0.191 e. The number of hydrogen-bond acceptors (Lipinski definition) is 4. The number of aromatic nitrogens is 1. The minimum atomic E-state index is 0.263. The van der Waals surface area contributed by atoms with Crippen LogP contribution in [-0.2, 0) is 6.42 Å². The van der Waals surface area contributed by atoms with Crippen LogP contribution in [0.1, 0.15) is 37.1 Å². The van der Waals surface area contributed by atoms with Gasteiger partial charge in [-0.25, -0.2) is 0 Å². The molecule has 1 unspecified atom stereocenters. The van der Waals surface area contributed by atoms with Crippen molar-refractivity contribution in [1.82, 2.24) is 20.5 Å². The Kier molecular flexibility index (Phi) is 8.31. The Morgan fingerprint density at radius 3 is 2.76 bits per heavy atom. The average molecular weight is 396 g/mol. The molecule has 0 radical (unpaired) electrons. The summed E-state index contributed by atoms with van der Waals surface area (Å²) in [5.41, 5.74) is 2.35. The molecular weight excluding hydrogens is 362 g/mol. The number of aliphatic imine (C=N–C) groups is 1. The van der Waals surface area contributed by atoms with Crippen molar-refractivity contribution in [1.29, 1.82) is 0 Å². The molecule has 29 heavy (non-hydrogen) atoms. The van der Waals surface area contributed by atoms with Gasteiger partial charge in [0.1, 0.15) is 5.75 Å². The molecule has 6 nitrogen and oxygen atoms in total. The number of benzene rings is 1. The summed E-state index contributed by atoms with van der Waals surface area (Å²) in [6.07, 6.45) is 5.22. The molecule has 3 rings (SSSR count). The highest BCUT2D eigenvalue weighted by Crippen LogP contribution is 2.27. The normalized spacial score (nSPS) is 15.9. The molecule has 1 aliphatic heterocycles. The summed E-state index contributed by atoms with van der Waals surface area (Å²) in [5.74, 6) is 1.76. The van der Waals surface area contributed by atoms with Gasteiger partial charge < -0.3 is 15.4 Å². The first-order valence-electron chi connectivity index (χ1n) is 10.6. The van der Waals surface area contributed by atoms with Crippen LogP contribution in [0.2, 0.25) is 0 Å². The molecule has 2 N–H and O–H groups in total. The van der Waals surface area contributed by atoms with E-state index in [1.807, 2.05) is 24.4 Å². The number of ether oxygens (including phenoxy) is 1. The van der Waals surface area contributed by atoms with Gasteiger partial charge in [-0.2, -0.15) is 0 Å². The van der Waals surface area contributed by atoms with Crippen molar-refractivity contribution < 1.29 is 4.74 Å². The number of likely N-dealkylation sites (tertiary alicyclic amines) is 1. The Morgan fingerprint density at radius 2 is 2.03 bits per heavy atom. The number of nitrogens with zero attached hydrogens (tertiary/aromatic N) is 3. The minimum absolute atomic E-state index is 0.263. The van der Waals surface area contributed by atoms with Crippen LogP contribution in [0.25, 0.3) is 0 Å². The predicted octanol–water partition coefficient (Wildman–Crippen LogP) is 3.02. The molecule has 2 heterocycles. The zero-order valence-electron chi connectivity index (χ0n) is 17.6. The lowest BCUT2D eigenvalue weighted by atomic mass is 10.1. The summed E-state index contributed by atoms with van der Waals surface area (Å²) in [5, 5.41) is 6.81. The van der Waals surface area contributed by atoms with E-state index < -0.39 is 0 Å². The number of hydrogen-bond donors (Lipinski definition) is 2. The van der Waals surface area contributed by atoms with Gasteiger partial charge in [0.05, 0.1) is 19.7 Å². The van der Waals surface area contributed by atoms with E-state index in [0.29, 0.717) is 6.54 Å². The van der Waals surface area contributed by atoms with Gasteiger partial charge in [-0.15, -0.1) is 0 Å². The molecule has 156 valence electrons. The van der Waals surface area contributed by atoms with E-state index in [1.165, 1.54) is 18.4 Å². The van der Waals surface area contributed by atoms with Gasteiger partial charge >= 0.3 is 0 Å². The quantitative estimate of drug-likeness (QED) is 0.505. The van der Waals surface area contributed by atoms with Crippen molar-refractivity contribution in [3.05, 3.63) is 59.9 Å². The molecule has 0 amide bonds. The number of methoxy groups -OCH3 is 1. The van der Waals surface area contributed by atoms with Gasteiger partial charge in [0, 0.05) is 31.4 Å². The van der Waals surface area contributed by atoms with Crippen LogP contribution in [0.3, 0.4) is 0 Å². The third kappa shape index (κ3) is 6.46. The number of nitrogens with one attached hydrogen (secondary N) is 2. The lowest BCUT2D eigenvalue weighted by Crippen LogP contribution is -2.39. The van der Waals surface area contributed by atoms with Crippen molar-refractivity contribution in [2.24, 2.45) is 4.99 Å². The van der Waals surface area contributed by atoms with E-state index in [4.69, 9.17) is 9.73 Å². The average Bonchev–Trinajstić information content (AvgIpc) is 3.29. The first-order chi connectivity index (χ1) is 14.3. The molecule has 0 spiro atoms. The van der Waals surface area contributed by atoms with Crippen LogP contribution in [0.5, 0.6) is 5.75 Å². The van der Waals surface area contributed by atoms with E-state index in [2.05, 4.69) is 51.7 Å². The maximum atomic E-state index is 5.44. The monoisotopic (exact) mass is 395 g/mol. The Hall–Kier alpha value is -2.60. The zero-order valence-corrected chi connectivity index (χ0v) is 17.6. The lowest BCUT2D eigenvalue weighted by molar-refractivity contribution is 0.251. The van der Waals surface area contributed by atoms with Crippen LogP contribution < -0.4 is 15.4 Å². The highest BCUT2D eigenvalue weighted by molar-refractivity contribution is 5.79. The predicted molar refractivity (Wildman–Crippen MR) is 118 cm³/mol. The molecule has 1 atom stereocenters. The van der Waals surface area contributed by atoms with Gasteiger partial charge in [-0.1, -0.05) is 18.2 Å². The lowest BCUT2D eigenvalue weighted by Gasteiger charge is -2.27. The van der Waals surface area contributed by atoms with Crippen LogP contribution in [0.4, 0.5) is 0 Å². The van der Waals surface area contributed by atoms with E-state index in [0.717, 1.165) is 50.0 Å². The van der Waals surface area contributed by atoms with Gasteiger partial charge in [0.2, 0.25) is 0 Å². The Labute approximate surface area is 174 Å². The van der Waals surface area contributed by atoms with Gasteiger partial charge in [0.15, 0.2) is 5.96 Å². The van der Waals surface area contributed by atoms with Crippen LogP contribution in [0, 0.1) is 0 Å². The highest BCUT2D eigenvalue weighted by Gasteiger charge is 2.23. The topological polar surface area (TPSA) is 61.8 Å². The fourth-order valence-electron chi connectivity index (χ4n) is 3.71. The second-order valence-corrected chi connectivity index (χ2v) is 7.25. The second kappa shape index (κ2) is 11.4. The molecule has 1 aromatic carbocycles. The molecule has 0 bridgehead atoms. The van der Waals surface area contributed by atoms with E-state index >= 15 is 0 Å². The summed E-state index contributed by atoms with van der Waals surface area (Å²) in [6.45, 7) is 6.70. The summed E-state index contributed by atoms with van der Waals surface area (Å²) >= 11 is 0. The van der Waals surface area contributed by atoms with Crippen molar-refractivity contribution in [2.75, 3.05) is 39.8 Å². The summed E-state index contributed by atoms with van der Waals surface area (Å²) < 4.78 is 5.44. The third-order valence-electron chi connectivity index (χ3n) is 5.23. The van der Waals surface area contributed by atoms with Crippen molar-refractivity contribution in [3.63, 3.8) is 0 Å². The molecular formula is C23H33N5O. The molecule has 2 aromatic rings. The number of guanidine groups is 1. The molecule has 1 fully saturated rings. The second-order valence-electron chi connectivity index (χ2n) is 7.25. The fourth-order valence-corrected chi connectivity index (χ4v) is 3.71. The maximum absolute atomic E-state index is 5.44. The SMILES string of the molecule is CCNC(=NCC(c1cccc(OC)c1)N1CCCC1)NCCc1ccccn1. The first-order valence-corrected chi connectivity index (χ1v) is 10.6. The fraction of sp³-hybridized carbons (Fsp3) is 0.478. The van der Waals surface area contributed by atoms with E-state index in [1.54, 1.807) is 7.11 Å². The van der Waals surface area contributed by atoms with Gasteiger partial charge in [-0.05, 0) is 62.7 Å². The maximum Gasteiger partial charge on any atom is 0.191 e. The Bertz CT molecular complexity index is 759. The van der Waals surface area contributed by atoms with Crippen molar-refractivity contribution >= 4 is 5.96 Å². The van der Waals surface area contributed by atoms with Crippen LogP contribution in [-0.4, -0.2) is 55.7 Å². The number of rotatable bonds is 9. The van der Waals surface area contributed by atoms with Gasteiger partial charge in [0.25, 0.3) is 0 Å². The summed E-state index contributed by atoms with van der Waals surface area (Å²) in [7, 11) is 1.72. The van der Waals surface area contributed by atoms with Gasteiger partial charge in [-0.3, -0.25) is 14.9 Å². The molecule has 6 heteroatoms. The highest BCUT2D eigenvalue weighted by atomic mass is 16.5. The van der Waals surface area contributed by atoms with E-state index in [-0.39, 0.29) is 6.04 Å². The zero-order chi connectivity index (χ0) is 20.3. The van der Waals surface area contributed by atoms with E-state index in [9.17, 15) is 0 Å². The van der Waals surface area contributed by atoms with Crippen molar-refractivity contribution in [2.45, 2.75) is 32.2 Å². The standard InChI is InChI=1S/C23H33N5O/c1-3-24-23(26-14-12-20-10-4-5-13-25-20)27-18-22(28-15-6-7-16-28)19-9-8-11-21(17-19)29-2/h4-5,8-11,13,17,22H,3,6-7,12,14-16,18H2,1-2H3,(H2,24,26,27). The summed E-state index contributed by atoms with van der Waals surface area (Å²) in [6, 6.07) is 14.7. The minimum Gasteiger partial charge on any atom is -0.497 e. The summed E-state index contributed by atoms with van der Waals surface area (Å²) in [4.78, 5) is 11.8. The Balaban J connectivity index is 1.67. The molecule has 1 aliphatic rings. The molecule has 1 aromatic heterocycles. The van der Waals surface area contributed by atoms with Crippen LogP contribution in [0.15, 0.2) is 53.7 Å². The number of pyridine rings is 1. The van der Waals surface area contributed by atoms with Crippen molar-refractivity contribution in [3.8, 4) is 5.75 Å². The molecule has 1 saturated heterocycles.